The van der Waals surface area contributed by atoms with Crippen molar-refractivity contribution < 1.29 is 21.9 Å². The van der Waals surface area contributed by atoms with Crippen LogP contribution in [-0.4, -0.2) is 44.0 Å². The van der Waals surface area contributed by atoms with Crippen LogP contribution in [-0.2, 0) is 16.4 Å². The van der Waals surface area contributed by atoms with E-state index in [1.807, 2.05) is 4.90 Å². The summed E-state index contributed by atoms with van der Waals surface area (Å²) in [6.45, 7) is -2.45. The van der Waals surface area contributed by atoms with Gasteiger partial charge in [0.15, 0.2) is 9.84 Å². The van der Waals surface area contributed by atoms with Gasteiger partial charge in [-0.2, -0.15) is 8.78 Å². The third-order valence-electron chi connectivity index (χ3n) is 3.63. The van der Waals surface area contributed by atoms with Gasteiger partial charge in [0.25, 0.3) is 0 Å². The molecule has 0 radical (unpaired) electrons. The number of benzene rings is 1. The van der Waals surface area contributed by atoms with Crippen LogP contribution in [0.4, 0.5) is 8.78 Å². The van der Waals surface area contributed by atoms with Gasteiger partial charge < -0.3 is 4.74 Å². The van der Waals surface area contributed by atoms with Crippen LogP contribution in [0.1, 0.15) is 12.0 Å². The molecule has 23 heavy (non-hydrogen) atoms. The van der Waals surface area contributed by atoms with Crippen molar-refractivity contribution in [2.45, 2.75) is 25.6 Å². The maximum absolute atomic E-state index is 12.5. The van der Waals surface area contributed by atoms with Crippen molar-refractivity contribution in [1.82, 2.24) is 4.90 Å². The monoisotopic (exact) mass is 407 g/mol. The molecular formula is C15H16BrF2NO3S. The minimum absolute atomic E-state index is 0.0354. The molecule has 1 saturated heterocycles. The Hall–Kier alpha value is -1.17. The number of hydrogen-bond acceptors (Lipinski definition) is 4. The molecule has 1 aliphatic rings. The molecule has 126 valence electrons. The van der Waals surface area contributed by atoms with E-state index >= 15 is 0 Å². The Labute approximate surface area is 142 Å². The van der Waals surface area contributed by atoms with Crippen molar-refractivity contribution in [3.63, 3.8) is 0 Å². The number of terminal acetylenes is 1. The Balaban J connectivity index is 2.23. The normalized spacial score (nSPS) is 19.9. The molecule has 2 rings (SSSR count). The molecule has 8 heteroatoms. The van der Waals surface area contributed by atoms with Crippen LogP contribution < -0.4 is 4.74 Å². The van der Waals surface area contributed by atoms with Gasteiger partial charge in [-0.3, -0.25) is 4.90 Å². The Morgan fingerprint density at radius 3 is 2.78 bits per heavy atom. The SMILES string of the molecule is C#CCN(Cc1cc(Br)ccc1OC(F)F)C1CCS(=O)(=O)C1. The molecule has 1 heterocycles. The van der Waals surface area contributed by atoms with E-state index in [1.165, 1.54) is 6.07 Å². The molecule has 1 aliphatic heterocycles. The average molecular weight is 408 g/mol. The van der Waals surface area contributed by atoms with Crippen LogP contribution in [0, 0.1) is 12.3 Å². The second-order valence-electron chi connectivity index (χ2n) is 5.30. The predicted molar refractivity (Wildman–Crippen MR) is 87.1 cm³/mol. The fourth-order valence-electron chi connectivity index (χ4n) is 2.60. The zero-order valence-electron chi connectivity index (χ0n) is 12.2. The summed E-state index contributed by atoms with van der Waals surface area (Å²) in [6, 6.07) is 4.51. The number of sulfone groups is 1. The largest absolute Gasteiger partial charge is 0.434 e. The summed E-state index contributed by atoms with van der Waals surface area (Å²) in [7, 11) is -3.06. The van der Waals surface area contributed by atoms with E-state index in [0.29, 0.717) is 16.5 Å². The average Bonchev–Trinajstić information content (AvgIpc) is 2.81. The molecule has 1 aromatic rings. The molecular weight excluding hydrogens is 392 g/mol. The Morgan fingerprint density at radius 2 is 2.22 bits per heavy atom. The van der Waals surface area contributed by atoms with Crippen LogP contribution in [0.15, 0.2) is 22.7 Å². The van der Waals surface area contributed by atoms with E-state index in [0.717, 1.165) is 0 Å². The Morgan fingerprint density at radius 1 is 1.48 bits per heavy atom. The third kappa shape index (κ3) is 5.16. The second-order valence-corrected chi connectivity index (χ2v) is 8.44. The van der Waals surface area contributed by atoms with Crippen LogP contribution >= 0.6 is 15.9 Å². The van der Waals surface area contributed by atoms with Crippen LogP contribution in [0.2, 0.25) is 0 Å². The number of ether oxygens (including phenoxy) is 1. The topological polar surface area (TPSA) is 46.6 Å². The van der Waals surface area contributed by atoms with Crippen LogP contribution in [0.5, 0.6) is 5.75 Å². The smallest absolute Gasteiger partial charge is 0.387 e. The highest BCUT2D eigenvalue weighted by atomic mass is 79.9. The van der Waals surface area contributed by atoms with E-state index in [-0.39, 0.29) is 36.4 Å². The molecule has 0 saturated carbocycles. The van der Waals surface area contributed by atoms with Gasteiger partial charge in [0, 0.05) is 22.6 Å². The van der Waals surface area contributed by atoms with Gasteiger partial charge in [0.1, 0.15) is 5.75 Å². The van der Waals surface area contributed by atoms with Crippen molar-refractivity contribution in [3.05, 3.63) is 28.2 Å². The highest BCUT2D eigenvalue weighted by Gasteiger charge is 2.32. The zero-order chi connectivity index (χ0) is 17.0. The fraction of sp³-hybridized carbons (Fsp3) is 0.467. The first-order valence-corrected chi connectivity index (χ1v) is 9.53. The summed E-state index contributed by atoms with van der Waals surface area (Å²) in [5, 5.41) is 0. The van der Waals surface area contributed by atoms with Crippen molar-refractivity contribution in [2.75, 3.05) is 18.1 Å². The molecule has 0 aromatic heterocycles. The first-order valence-electron chi connectivity index (χ1n) is 6.92. The van der Waals surface area contributed by atoms with Gasteiger partial charge in [0.05, 0.1) is 18.1 Å². The molecule has 4 nitrogen and oxygen atoms in total. The van der Waals surface area contributed by atoms with Crippen molar-refractivity contribution in [1.29, 1.82) is 0 Å². The number of nitrogens with zero attached hydrogens (tertiary/aromatic N) is 1. The van der Waals surface area contributed by atoms with Crippen LogP contribution in [0.3, 0.4) is 0 Å². The molecule has 0 amide bonds. The lowest BCUT2D eigenvalue weighted by atomic mass is 10.1. The second kappa shape index (κ2) is 7.60. The summed E-state index contributed by atoms with van der Waals surface area (Å²) < 4.78 is 53.6. The molecule has 0 aliphatic carbocycles. The Kier molecular flexibility index (Phi) is 6.00. The first kappa shape index (κ1) is 18.2. The predicted octanol–water partition coefficient (Wildman–Crippen LogP) is 2.67. The van der Waals surface area contributed by atoms with Gasteiger partial charge in [0.2, 0.25) is 0 Å². The fourth-order valence-corrected chi connectivity index (χ4v) is 4.77. The summed E-state index contributed by atoms with van der Waals surface area (Å²) in [5.74, 6) is 2.72. The molecule has 1 aromatic carbocycles. The summed E-state index contributed by atoms with van der Waals surface area (Å²) >= 11 is 3.30. The lowest BCUT2D eigenvalue weighted by Crippen LogP contribution is -2.36. The molecule has 1 fully saturated rings. The van der Waals surface area contributed by atoms with Crippen molar-refractivity contribution >= 4 is 25.8 Å². The summed E-state index contributed by atoms with van der Waals surface area (Å²) in [4.78, 5) is 1.81. The maximum atomic E-state index is 12.5. The van der Waals surface area contributed by atoms with E-state index in [4.69, 9.17) is 6.42 Å². The zero-order valence-corrected chi connectivity index (χ0v) is 14.6. The highest BCUT2D eigenvalue weighted by molar-refractivity contribution is 9.10. The van der Waals surface area contributed by atoms with Crippen molar-refractivity contribution in [2.24, 2.45) is 0 Å². The standard InChI is InChI=1S/C15H16BrF2NO3S/c1-2-6-19(13-5-7-23(20,21)10-13)9-11-8-12(16)3-4-14(11)22-15(17)18/h1,3-4,8,13,15H,5-7,9-10H2. The van der Waals surface area contributed by atoms with E-state index in [9.17, 15) is 17.2 Å². The Bertz CT molecular complexity index is 703. The number of hydrogen-bond donors (Lipinski definition) is 0. The van der Waals surface area contributed by atoms with Crippen LogP contribution in [0.25, 0.3) is 0 Å². The number of rotatable bonds is 6. The first-order chi connectivity index (χ1) is 10.8. The molecule has 1 atom stereocenters. The van der Waals surface area contributed by atoms with E-state index in [2.05, 4.69) is 26.6 Å². The van der Waals surface area contributed by atoms with E-state index in [1.54, 1.807) is 12.1 Å². The van der Waals surface area contributed by atoms with Gasteiger partial charge in [-0.25, -0.2) is 8.42 Å². The van der Waals surface area contributed by atoms with Crippen molar-refractivity contribution in [3.8, 4) is 18.1 Å². The van der Waals surface area contributed by atoms with Gasteiger partial charge in [-0.15, -0.1) is 6.42 Å². The maximum Gasteiger partial charge on any atom is 0.387 e. The number of halogens is 3. The van der Waals surface area contributed by atoms with E-state index < -0.39 is 16.4 Å². The highest BCUT2D eigenvalue weighted by Crippen LogP contribution is 2.28. The minimum Gasteiger partial charge on any atom is -0.434 e. The molecule has 0 spiro atoms. The molecule has 0 N–H and O–H groups in total. The van der Waals surface area contributed by atoms with Gasteiger partial charge >= 0.3 is 6.61 Å². The number of alkyl halides is 2. The quantitative estimate of drug-likeness (QED) is 0.680. The molecule has 1 unspecified atom stereocenters. The summed E-state index contributed by atoms with van der Waals surface area (Å²) in [5.41, 5.74) is 0.527. The lowest BCUT2D eigenvalue weighted by molar-refractivity contribution is -0.0508. The minimum atomic E-state index is -3.06. The van der Waals surface area contributed by atoms with Gasteiger partial charge in [-0.1, -0.05) is 21.9 Å². The molecule has 0 bridgehead atoms. The lowest BCUT2D eigenvalue weighted by Gasteiger charge is -2.26. The van der Waals surface area contributed by atoms with Gasteiger partial charge in [-0.05, 0) is 24.6 Å². The third-order valence-corrected chi connectivity index (χ3v) is 5.87. The summed E-state index contributed by atoms with van der Waals surface area (Å²) in [6.07, 6.45) is 5.85.